The SMILES string of the molecule is CCN1CCCC(C2(N)NN=CC(C)=C2N)C1. The van der Waals surface area contributed by atoms with Crippen LogP contribution in [0.4, 0.5) is 0 Å². The zero-order valence-corrected chi connectivity index (χ0v) is 10.7. The molecule has 0 amide bonds. The van der Waals surface area contributed by atoms with Gasteiger partial charge in [0, 0.05) is 12.5 Å². The molecule has 2 atom stereocenters. The molecule has 2 aliphatic rings. The van der Waals surface area contributed by atoms with Gasteiger partial charge in [0.1, 0.15) is 5.66 Å². The fraction of sp³-hybridized carbons (Fsp3) is 0.750. The number of nitrogens with zero attached hydrogens (tertiary/aromatic N) is 2. The molecular formula is C12H23N5. The fourth-order valence-corrected chi connectivity index (χ4v) is 2.72. The number of nitrogens with two attached hydrogens (primary N) is 2. The molecule has 2 heterocycles. The van der Waals surface area contributed by atoms with E-state index in [1.807, 2.05) is 6.92 Å². The lowest BCUT2D eigenvalue weighted by atomic mass is 9.82. The van der Waals surface area contributed by atoms with E-state index < -0.39 is 5.66 Å². The number of allylic oxidation sites excluding steroid dienone is 1. The molecule has 0 aliphatic carbocycles. The first-order valence-electron chi connectivity index (χ1n) is 6.36. The van der Waals surface area contributed by atoms with Crippen molar-refractivity contribution in [1.29, 1.82) is 0 Å². The average molecular weight is 237 g/mol. The molecule has 96 valence electrons. The molecule has 0 spiro atoms. The van der Waals surface area contributed by atoms with E-state index in [2.05, 4.69) is 22.4 Å². The molecule has 2 rings (SSSR count). The highest BCUT2D eigenvalue weighted by molar-refractivity contribution is 5.80. The normalized spacial score (nSPS) is 34.9. The zero-order chi connectivity index (χ0) is 12.5. The lowest BCUT2D eigenvalue weighted by Gasteiger charge is -2.44. The second-order valence-electron chi connectivity index (χ2n) is 5.07. The summed E-state index contributed by atoms with van der Waals surface area (Å²) >= 11 is 0. The summed E-state index contributed by atoms with van der Waals surface area (Å²) in [4.78, 5) is 2.42. The molecule has 5 heteroatoms. The molecule has 0 radical (unpaired) electrons. The maximum Gasteiger partial charge on any atom is 0.146 e. The van der Waals surface area contributed by atoms with Crippen LogP contribution in [0.3, 0.4) is 0 Å². The predicted molar refractivity (Wildman–Crippen MR) is 70.3 cm³/mol. The first-order valence-corrected chi connectivity index (χ1v) is 6.36. The van der Waals surface area contributed by atoms with Gasteiger partial charge < -0.3 is 16.4 Å². The molecule has 2 unspecified atom stereocenters. The largest absolute Gasteiger partial charge is 0.399 e. The second kappa shape index (κ2) is 4.66. The van der Waals surface area contributed by atoms with E-state index in [9.17, 15) is 0 Å². The average Bonchev–Trinajstić information content (AvgIpc) is 2.36. The van der Waals surface area contributed by atoms with E-state index >= 15 is 0 Å². The first kappa shape index (κ1) is 12.4. The van der Waals surface area contributed by atoms with Gasteiger partial charge in [-0.25, -0.2) is 0 Å². The van der Waals surface area contributed by atoms with Gasteiger partial charge in [-0.15, -0.1) is 0 Å². The van der Waals surface area contributed by atoms with Gasteiger partial charge in [-0.05, 0) is 38.4 Å². The predicted octanol–water partition coefficient (Wildman–Crippen LogP) is 0.195. The summed E-state index contributed by atoms with van der Waals surface area (Å²) in [5.74, 6) is 0.323. The number of nitrogens with one attached hydrogen (secondary N) is 1. The Labute approximate surface area is 103 Å². The molecule has 5 nitrogen and oxygen atoms in total. The Bertz CT molecular complexity index is 349. The van der Waals surface area contributed by atoms with Crippen LogP contribution in [0.1, 0.15) is 26.7 Å². The molecule has 2 aliphatic heterocycles. The van der Waals surface area contributed by atoms with Crippen molar-refractivity contribution in [2.45, 2.75) is 32.4 Å². The van der Waals surface area contributed by atoms with Crippen LogP contribution in [-0.2, 0) is 0 Å². The molecule has 0 saturated carbocycles. The second-order valence-corrected chi connectivity index (χ2v) is 5.07. The minimum atomic E-state index is -0.674. The van der Waals surface area contributed by atoms with Crippen molar-refractivity contribution >= 4 is 6.21 Å². The van der Waals surface area contributed by atoms with Gasteiger partial charge in [-0.3, -0.25) is 5.43 Å². The minimum Gasteiger partial charge on any atom is -0.399 e. The summed E-state index contributed by atoms with van der Waals surface area (Å²) in [6.07, 6.45) is 4.01. The first-order chi connectivity index (χ1) is 8.08. The molecule has 17 heavy (non-hydrogen) atoms. The Hall–Kier alpha value is -1.07. The summed E-state index contributed by atoms with van der Waals surface area (Å²) in [5, 5.41) is 4.13. The zero-order valence-electron chi connectivity index (χ0n) is 10.7. The van der Waals surface area contributed by atoms with Crippen molar-refractivity contribution in [3.8, 4) is 0 Å². The van der Waals surface area contributed by atoms with E-state index in [1.165, 1.54) is 6.42 Å². The van der Waals surface area contributed by atoms with Crippen LogP contribution in [0.15, 0.2) is 16.4 Å². The van der Waals surface area contributed by atoms with Crippen molar-refractivity contribution in [3.05, 3.63) is 11.3 Å². The van der Waals surface area contributed by atoms with Gasteiger partial charge in [0.05, 0.1) is 11.9 Å². The molecule has 5 N–H and O–H groups in total. The number of rotatable bonds is 2. The topological polar surface area (TPSA) is 79.7 Å². The van der Waals surface area contributed by atoms with Gasteiger partial charge in [0.15, 0.2) is 0 Å². The molecule has 1 saturated heterocycles. The van der Waals surface area contributed by atoms with Crippen molar-refractivity contribution in [3.63, 3.8) is 0 Å². The van der Waals surface area contributed by atoms with Crippen molar-refractivity contribution in [2.75, 3.05) is 19.6 Å². The van der Waals surface area contributed by atoms with Gasteiger partial charge in [0.25, 0.3) is 0 Å². The van der Waals surface area contributed by atoms with E-state index in [-0.39, 0.29) is 0 Å². The van der Waals surface area contributed by atoms with Crippen LogP contribution in [0.25, 0.3) is 0 Å². The lowest BCUT2D eigenvalue weighted by molar-refractivity contribution is 0.117. The van der Waals surface area contributed by atoms with Crippen LogP contribution in [0, 0.1) is 5.92 Å². The third-order valence-electron chi connectivity index (χ3n) is 3.97. The fourth-order valence-electron chi connectivity index (χ4n) is 2.72. The number of hydrazone groups is 1. The Kier molecular flexibility index (Phi) is 3.40. The van der Waals surface area contributed by atoms with Crippen molar-refractivity contribution < 1.29 is 0 Å². The van der Waals surface area contributed by atoms with Crippen LogP contribution < -0.4 is 16.9 Å². The highest BCUT2D eigenvalue weighted by atomic mass is 15.4. The highest BCUT2D eigenvalue weighted by Gasteiger charge is 2.41. The number of hydrogen-bond donors (Lipinski definition) is 3. The third-order valence-corrected chi connectivity index (χ3v) is 3.97. The van der Waals surface area contributed by atoms with E-state index in [1.54, 1.807) is 6.21 Å². The molecular weight excluding hydrogens is 214 g/mol. The Balaban J connectivity index is 2.18. The standard InChI is InChI=1S/C12H23N5/c1-3-17-6-4-5-10(8-17)12(14)11(13)9(2)7-15-16-12/h7,10,16H,3-6,8,13-14H2,1-2H3. The minimum absolute atomic E-state index is 0.323. The smallest absolute Gasteiger partial charge is 0.146 e. The van der Waals surface area contributed by atoms with Crippen molar-refractivity contribution in [1.82, 2.24) is 10.3 Å². The Morgan fingerprint density at radius 2 is 2.41 bits per heavy atom. The maximum atomic E-state index is 6.45. The monoisotopic (exact) mass is 237 g/mol. The van der Waals surface area contributed by atoms with Crippen LogP contribution >= 0.6 is 0 Å². The third kappa shape index (κ3) is 2.17. The maximum absolute atomic E-state index is 6.45. The molecule has 0 aromatic heterocycles. The highest BCUT2D eigenvalue weighted by Crippen LogP contribution is 2.29. The summed E-state index contributed by atoms with van der Waals surface area (Å²) in [6, 6.07) is 0. The summed E-state index contributed by atoms with van der Waals surface area (Å²) in [5.41, 5.74) is 16.7. The Morgan fingerprint density at radius 1 is 1.65 bits per heavy atom. The lowest BCUT2D eigenvalue weighted by Crippen LogP contribution is -2.65. The quantitative estimate of drug-likeness (QED) is 0.641. The van der Waals surface area contributed by atoms with Gasteiger partial charge in [-0.1, -0.05) is 6.92 Å². The summed E-state index contributed by atoms with van der Waals surface area (Å²) in [6.45, 7) is 7.36. The van der Waals surface area contributed by atoms with E-state index in [4.69, 9.17) is 11.5 Å². The van der Waals surface area contributed by atoms with Crippen LogP contribution in [0.2, 0.25) is 0 Å². The molecule has 1 fully saturated rings. The van der Waals surface area contributed by atoms with E-state index in [0.717, 1.165) is 37.3 Å². The molecule has 0 aromatic carbocycles. The van der Waals surface area contributed by atoms with Gasteiger partial charge >= 0.3 is 0 Å². The molecule has 0 aromatic rings. The van der Waals surface area contributed by atoms with Gasteiger partial charge in [-0.2, -0.15) is 5.10 Å². The Morgan fingerprint density at radius 3 is 3.12 bits per heavy atom. The number of hydrogen-bond acceptors (Lipinski definition) is 5. The number of likely N-dealkylation sites (tertiary alicyclic amines) is 1. The summed E-state index contributed by atoms with van der Waals surface area (Å²) < 4.78 is 0. The molecule has 0 bridgehead atoms. The van der Waals surface area contributed by atoms with Crippen LogP contribution in [0.5, 0.6) is 0 Å². The van der Waals surface area contributed by atoms with Crippen molar-refractivity contribution in [2.24, 2.45) is 22.5 Å². The van der Waals surface area contributed by atoms with Crippen LogP contribution in [-0.4, -0.2) is 36.4 Å². The van der Waals surface area contributed by atoms with Gasteiger partial charge in [0.2, 0.25) is 0 Å². The summed E-state index contributed by atoms with van der Waals surface area (Å²) in [7, 11) is 0. The number of piperidine rings is 1. The van der Waals surface area contributed by atoms with E-state index in [0.29, 0.717) is 5.92 Å².